The van der Waals surface area contributed by atoms with Gasteiger partial charge in [0, 0.05) is 36.9 Å². The van der Waals surface area contributed by atoms with Gasteiger partial charge in [-0.25, -0.2) is 4.79 Å². The van der Waals surface area contributed by atoms with Crippen LogP contribution >= 0.6 is 0 Å². The smallest absolute Gasteiger partial charge is 0.321 e. The van der Waals surface area contributed by atoms with Crippen molar-refractivity contribution in [1.82, 2.24) is 9.80 Å². The number of benzene rings is 1. The molecular formula is C19H27N3O2. The molecule has 24 heavy (non-hydrogen) atoms. The van der Waals surface area contributed by atoms with Crippen LogP contribution < -0.4 is 10.1 Å². The van der Waals surface area contributed by atoms with Crippen molar-refractivity contribution in [2.75, 3.05) is 38.6 Å². The van der Waals surface area contributed by atoms with Crippen molar-refractivity contribution >= 4 is 11.7 Å². The zero-order valence-corrected chi connectivity index (χ0v) is 14.5. The number of ether oxygens (including phenoxy) is 1. The van der Waals surface area contributed by atoms with Gasteiger partial charge in [0.05, 0.1) is 7.11 Å². The first-order valence-corrected chi connectivity index (χ1v) is 8.73. The predicted molar refractivity (Wildman–Crippen MR) is 96.6 cm³/mol. The van der Waals surface area contributed by atoms with Crippen LogP contribution in [0, 0.1) is 0 Å². The molecule has 1 aromatic carbocycles. The number of urea groups is 1. The Morgan fingerprint density at radius 1 is 1.38 bits per heavy atom. The zero-order chi connectivity index (χ0) is 17.0. The average Bonchev–Trinajstić information content (AvgIpc) is 2.97. The van der Waals surface area contributed by atoms with Crippen LogP contribution in [0.15, 0.2) is 36.9 Å². The lowest BCUT2D eigenvalue weighted by molar-refractivity contribution is 0.0670. The molecule has 2 fully saturated rings. The van der Waals surface area contributed by atoms with Crippen molar-refractivity contribution in [1.29, 1.82) is 0 Å². The van der Waals surface area contributed by atoms with Crippen LogP contribution in [-0.4, -0.2) is 54.7 Å². The van der Waals surface area contributed by atoms with Crippen molar-refractivity contribution in [3.8, 4) is 5.75 Å². The molecule has 1 N–H and O–H groups in total. The summed E-state index contributed by atoms with van der Waals surface area (Å²) >= 11 is 0. The highest BCUT2D eigenvalue weighted by Crippen LogP contribution is 2.37. The third kappa shape index (κ3) is 3.41. The quantitative estimate of drug-likeness (QED) is 0.862. The minimum absolute atomic E-state index is 0.0206. The van der Waals surface area contributed by atoms with Gasteiger partial charge in [0.1, 0.15) is 5.75 Å². The van der Waals surface area contributed by atoms with E-state index in [-0.39, 0.29) is 11.6 Å². The minimum atomic E-state index is -0.0206. The molecule has 5 nitrogen and oxygen atoms in total. The monoisotopic (exact) mass is 329 g/mol. The van der Waals surface area contributed by atoms with E-state index in [1.807, 2.05) is 35.2 Å². The topological polar surface area (TPSA) is 44.8 Å². The molecule has 0 bridgehead atoms. The van der Waals surface area contributed by atoms with Crippen molar-refractivity contribution in [3.05, 3.63) is 36.9 Å². The summed E-state index contributed by atoms with van der Waals surface area (Å²) in [4.78, 5) is 17.2. The molecule has 0 aromatic heterocycles. The van der Waals surface area contributed by atoms with Crippen LogP contribution in [0.1, 0.15) is 25.7 Å². The van der Waals surface area contributed by atoms with Gasteiger partial charge in [-0.05, 0) is 44.4 Å². The lowest BCUT2D eigenvalue weighted by Gasteiger charge is -2.45. The summed E-state index contributed by atoms with van der Waals surface area (Å²) in [7, 11) is 1.63. The number of rotatable bonds is 4. The molecule has 3 rings (SSSR count). The minimum Gasteiger partial charge on any atom is -0.497 e. The molecule has 2 heterocycles. The molecule has 130 valence electrons. The second-order valence-electron chi connectivity index (χ2n) is 6.75. The fraction of sp³-hybridized carbons (Fsp3) is 0.526. The van der Waals surface area contributed by atoms with E-state index < -0.39 is 0 Å². The van der Waals surface area contributed by atoms with Crippen molar-refractivity contribution < 1.29 is 9.53 Å². The van der Waals surface area contributed by atoms with Gasteiger partial charge in [-0.3, -0.25) is 4.90 Å². The number of amides is 2. The SMILES string of the molecule is C=CCN1CCC[C@@]12CCCN(C(=O)Nc1cccc(OC)c1)C2. The summed E-state index contributed by atoms with van der Waals surface area (Å²) in [6.45, 7) is 7.52. The summed E-state index contributed by atoms with van der Waals surface area (Å²) in [5.74, 6) is 0.746. The van der Waals surface area contributed by atoms with Gasteiger partial charge in [0.25, 0.3) is 0 Å². The molecule has 2 aliphatic heterocycles. The van der Waals surface area contributed by atoms with Gasteiger partial charge in [-0.1, -0.05) is 12.1 Å². The highest BCUT2D eigenvalue weighted by atomic mass is 16.5. The first kappa shape index (κ1) is 16.8. The van der Waals surface area contributed by atoms with E-state index in [1.54, 1.807) is 7.11 Å². The molecule has 1 spiro atoms. The molecule has 0 aliphatic carbocycles. The number of nitrogens with zero attached hydrogens (tertiary/aromatic N) is 2. The summed E-state index contributed by atoms with van der Waals surface area (Å²) in [5, 5.41) is 3.01. The van der Waals surface area contributed by atoms with Crippen LogP contribution in [0.3, 0.4) is 0 Å². The molecule has 0 radical (unpaired) electrons. The molecule has 2 aliphatic rings. The third-order valence-electron chi connectivity index (χ3n) is 5.25. The highest BCUT2D eigenvalue weighted by molar-refractivity contribution is 5.89. The van der Waals surface area contributed by atoms with E-state index in [9.17, 15) is 4.79 Å². The number of hydrogen-bond acceptors (Lipinski definition) is 3. The number of carbonyl (C=O) groups is 1. The summed E-state index contributed by atoms with van der Waals surface area (Å²) in [6, 6.07) is 7.47. The first-order valence-electron chi connectivity index (χ1n) is 8.73. The van der Waals surface area contributed by atoms with E-state index in [0.717, 1.165) is 44.0 Å². The Labute approximate surface area is 144 Å². The van der Waals surface area contributed by atoms with E-state index >= 15 is 0 Å². The van der Waals surface area contributed by atoms with Crippen LogP contribution in [-0.2, 0) is 0 Å². The standard InChI is InChI=1S/C19H27N3O2/c1-3-11-22-13-6-10-19(22)9-5-12-21(15-19)18(23)20-16-7-4-8-17(14-16)24-2/h3-4,7-8,14H,1,5-6,9-13,15H2,2H3,(H,20,23)/t19-/m1/s1. The Morgan fingerprint density at radius 3 is 2.92 bits per heavy atom. The van der Waals surface area contributed by atoms with E-state index in [4.69, 9.17) is 4.74 Å². The van der Waals surface area contributed by atoms with Gasteiger partial charge in [-0.2, -0.15) is 0 Å². The maximum atomic E-state index is 12.7. The molecule has 2 amide bonds. The molecule has 5 heteroatoms. The third-order valence-corrected chi connectivity index (χ3v) is 5.25. The number of anilines is 1. The van der Waals surface area contributed by atoms with Crippen LogP contribution in [0.25, 0.3) is 0 Å². The Bertz CT molecular complexity index is 604. The molecule has 0 unspecified atom stereocenters. The van der Waals surface area contributed by atoms with Crippen LogP contribution in [0.4, 0.5) is 10.5 Å². The van der Waals surface area contributed by atoms with E-state index in [2.05, 4.69) is 16.8 Å². The zero-order valence-electron chi connectivity index (χ0n) is 14.5. The van der Waals surface area contributed by atoms with Crippen LogP contribution in [0.5, 0.6) is 5.75 Å². The fourth-order valence-corrected chi connectivity index (χ4v) is 4.09. The largest absolute Gasteiger partial charge is 0.497 e. The summed E-state index contributed by atoms with van der Waals surface area (Å²) in [5.41, 5.74) is 0.909. The highest BCUT2D eigenvalue weighted by Gasteiger charge is 2.44. The fourth-order valence-electron chi connectivity index (χ4n) is 4.09. The molecule has 0 saturated carbocycles. The van der Waals surface area contributed by atoms with Crippen molar-refractivity contribution in [2.45, 2.75) is 31.2 Å². The first-order chi connectivity index (χ1) is 11.7. The molecule has 1 aromatic rings. The van der Waals surface area contributed by atoms with Gasteiger partial charge in [-0.15, -0.1) is 6.58 Å². The van der Waals surface area contributed by atoms with E-state index in [0.29, 0.717) is 0 Å². The number of carbonyl (C=O) groups excluding carboxylic acids is 1. The number of likely N-dealkylation sites (tertiary alicyclic amines) is 2. The molecule has 2 saturated heterocycles. The van der Waals surface area contributed by atoms with Gasteiger partial charge >= 0.3 is 6.03 Å². The van der Waals surface area contributed by atoms with Crippen molar-refractivity contribution in [2.24, 2.45) is 0 Å². The normalized spacial score (nSPS) is 24.1. The van der Waals surface area contributed by atoms with Crippen LogP contribution in [0.2, 0.25) is 0 Å². The second kappa shape index (κ2) is 7.26. The average molecular weight is 329 g/mol. The Hall–Kier alpha value is -2.01. The second-order valence-corrected chi connectivity index (χ2v) is 6.75. The molecule has 1 atom stereocenters. The Morgan fingerprint density at radius 2 is 2.17 bits per heavy atom. The number of piperidine rings is 1. The summed E-state index contributed by atoms with van der Waals surface area (Å²) < 4.78 is 5.22. The number of hydrogen-bond donors (Lipinski definition) is 1. The predicted octanol–water partition coefficient (Wildman–Crippen LogP) is 3.34. The maximum Gasteiger partial charge on any atom is 0.321 e. The maximum absolute atomic E-state index is 12.7. The number of nitrogens with one attached hydrogen (secondary N) is 1. The van der Waals surface area contributed by atoms with Crippen molar-refractivity contribution in [3.63, 3.8) is 0 Å². The number of methoxy groups -OCH3 is 1. The van der Waals surface area contributed by atoms with Gasteiger partial charge in [0.15, 0.2) is 0 Å². The lowest BCUT2D eigenvalue weighted by Crippen LogP contribution is -2.57. The van der Waals surface area contributed by atoms with Gasteiger partial charge < -0.3 is 15.0 Å². The summed E-state index contributed by atoms with van der Waals surface area (Å²) in [6.07, 6.45) is 6.58. The molecular weight excluding hydrogens is 302 g/mol. The lowest BCUT2D eigenvalue weighted by atomic mass is 9.86. The van der Waals surface area contributed by atoms with Gasteiger partial charge in [0.2, 0.25) is 0 Å². The Balaban J connectivity index is 1.67. The Kier molecular flexibility index (Phi) is 5.09. The van der Waals surface area contributed by atoms with E-state index in [1.165, 1.54) is 19.3 Å².